The highest BCUT2D eigenvalue weighted by Crippen LogP contribution is 2.25. The number of amides is 4. The second-order valence-electron chi connectivity index (χ2n) is 8.35. The number of hydrogen-bond donors (Lipinski definition) is 3. The summed E-state index contributed by atoms with van der Waals surface area (Å²) >= 11 is 0. The van der Waals surface area contributed by atoms with Crippen LogP contribution >= 0.6 is 0 Å². The summed E-state index contributed by atoms with van der Waals surface area (Å²) < 4.78 is 14.2. The Morgan fingerprint density at radius 3 is 2.45 bits per heavy atom. The van der Waals surface area contributed by atoms with Crippen LogP contribution in [0.15, 0.2) is 48.7 Å². The number of halogens is 1. The second-order valence-corrected chi connectivity index (χ2v) is 8.35. The maximum absolute atomic E-state index is 14.2. The number of nitrogens with one attached hydrogen (secondary N) is 3. The van der Waals surface area contributed by atoms with E-state index in [1.165, 1.54) is 11.9 Å². The molecule has 1 aromatic heterocycles. The van der Waals surface area contributed by atoms with Gasteiger partial charge in [-0.1, -0.05) is 50.2 Å². The first-order valence-electron chi connectivity index (χ1n) is 11.0. The van der Waals surface area contributed by atoms with E-state index >= 15 is 0 Å². The summed E-state index contributed by atoms with van der Waals surface area (Å²) in [5.74, 6) is -0.666. The molecule has 8 nitrogen and oxygen atoms in total. The molecular weight excluding hydrogens is 425 g/mol. The van der Waals surface area contributed by atoms with Crippen LogP contribution in [0.2, 0.25) is 0 Å². The zero-order chi connectivity index (χ0) is 24.0. The lowest BCUT2D eigenvalue weighted by atomic mass is 10.00. The highest BCUT2D eigenvalue weighted by molar-refractivity contribution is 5.91. The summed E-state index contributed by atoms with van der Waals surface area (Å²) in [4.78, 5) is 42.9. The molecule has 0 bridgehead atoms. The number of urea groups is 1. The standard InChI is InChI=1S/C24H30FN5O3/c1-15(2)17-9-10-19(27-12-17)22(16-7-5-4-6-8-16)29-23(32)20-11-18(25)14-30(20)21(31)13-28-24(33)26-3/h4-10,12,15,18,20,22H,11,13-14H2,1-3H3,(H,29,32)(H2,26,28,33)/t18-,20+,22+/m1/s1. The molecule has 9 heteroatoms. The van der Waals surface area contributed by atoms with Crippen LogP contribution in [-0.4, -0.2) is 60.1 Å². The number of benzene rings is 1. The molecule has 3 atom stereocenters. The van der Waals surface area contributed by atoms with Crippen molar-refractivity contribution in [2.24, 2.45) is 0 Å². The third-order valence-electron chi connectivity index (χ3n) is 5.69. The smallest absolute Gasteiger partial charge is 0.314 e. The van der Waals surface area contributed by atoms with Gasteiger partial charge in [0.15, 0.2) is 0 Å². The van der Waals surface area contributed by atoms with Crippen molar-refractivity contribution in [3.05, 3.63) is 65.5 Å². The van der Waals surface area contributed by atoms with Crippen LogP contribution in [0.25, 0.3) is 0 Å². The fourth-order valence-electron chi connectivity index (χ4n) is 3.80. The molecule has 0 spiro atoms. The number of aromatic nitrogens is 1. The number of rotatable bonds is 7. The van der Waals surface area contributed by atoms with Gasteiger partial charge in [0.1, 0.15) is 12.2 Å². The molecule has 1 aliphatic heterocycles. The average molecular weight is 456 g/mol. The van der Waals surface area contributed by atoms with Gasteiger partial charge in [0.2, 0.25) is 11.8 Å². The summed E-state index contributed by atoms with van der Waals surface area (Å²) in [6.45, 7) is 3.64. The Morgan fingerprint density at radius 2 is 1.85 bits per heavy atom. The molecule has 33 heavy (non-hydrogen) atoms. The van der Waals surface area contributed by atoms with Crippen molar-refractivity contribution in [1.29, 1.82) is 0 Å². The minimum atomic E-state index is -1.32. The third-order valence-corrected chi connectivity index (χ3v) is 5.69. The molecule has 1 fully saturated rings. The predicted molar refractivity (Wildman–Crippen MR) is 122 cm³/mol. The first-order valence-corrected chi connectivity index (χ1v) is 11.0. The fraction of sp³-hybridized carbons (Fsp3) is 0.417. The minimum absolute atomic E-state index is 0.0984. The van der Waals surface area contributed by atoms with Gasteiger partial charge in [0, 0.05) is 19.7 Å². The number of hydrogen-bond acceptors (Lipinski definition) is 4. The number of pyridine rings is 1. The summed E-state index contributed by atoms with van der Waals surface area (Å²) in [7, 11) is 1.43. The summed E-state index contributed by atoms with van der Waals surface area (Å²) in [5, 5.41) is 7.69. The highest BCUT2D eigenvalue weighted by Gasteiger charge is 2.40. The van der Waals surface area contributed by atoms with Gasteiger partial charge >= 0.3 is 6.03 Å². The van der Waals surface area contributed by atoms with Crippen LogP contribution in [0.5, 0.6) is 0 Å². The molecule has 0 unspecified atom stereocenters. The van der Waals surface area contributed by atoms with Crippen LogP contribution in [0.3, 0.4) is 0 Å². The zero-order valence-corrected chi connectivity index (χ0v) is 19.0. The largest absolute Gasteiger partial charge is 0.342 e. The maximum Gasteiger partial charge on any atom is 0.314 e. The Hall–Kier alpha value is -3.49. The van der Waals surface area contributed by atoms with Gasteiger partial charge < -0.3 is 20.9 Å². The van der Waals surface area contributed by atoms with Gasteiger partial charge in [0.25, 0.3) is 0 Å². The van der Waals surface area contributed by atoms with E-state index in [4.69, 9.17) is 0 Å². The monoisotopic (exact) mass is 455 g/mol. The first-order chi connectivity index (χ1) is 15.8. The van der Waals surface area contributed by atoms with Crippen molar-refractivity contribution < 1.29 is 18.8 Å². The quantitative estimate of drug-likeness (QED) is 0.596. The summed E-state index contributed by atoms with van der Waals surface area (Å²) in [6, 6.07) is 11.2. The van der Waals surface area contributed by atoms with Gasteiger partial charge in [-0.3, -0.25) is 14.6 Å². The van der Waals surface area contributed by atoms with Gasteiger partial charge in [-0.2, -0.15) is 0 Å². The van der Waals surface area contributed by atoms with E-state index in [2.05, 4.69) is 34.8 Å². The number of likely N-dealkylation sites (tertiary alicyclic amines) is 1. The van der Waals surface area contributed by atoms with E-state index in [-0.39, 0.29) is 19.5 Å². The Balaban J connectivity index is 1.80. The Bertz CT molecular complexity index is 968. The topological polar surface area (TPSA) is 103 Å². The molecule has 2 aromatic rings. The van der Waals surface area contributed by atoms with Crippen LogP contribution in [0, 0.1) is 0 Å². The molecule has 3 rings (SSSR count). The Kier molecular flexibility index (Phi) is 7.97. The summed E-state index contributed by atoms with van der Waals surface area (Å²) in [6.07, 6.45) is 0.372. The van der Waals surface area contributed by atoms with Crippen LogP contribution in [-0.2, 0) is 9.59 Å². The Labute approximate surface area is 193 Å². The van der Waals surface area contributed by atoms with Crippen molar-refractivity contribution in [3.63, 3.8) is 0 Å². The lowest BCUT2D eigenvalue weighted by molar-refractivity contribution is -0.137. The number of alkyl halides is 1. The van der Waals surface area contributed by atoms with E-state index in [1.54, 1.807) is 6.20 Å². The number of nitrogens with zero attached hydrogens (tertiary/aromatic N) is 2. The van der Waals surface area contributed by atoms with Crippen LogP contribution in [0.1, 0.15) is 49.0 Å². The molecule has 0 saturated carbocycles. The molecule has 3 N–H and O–H groups in total. The SMILES string of the molecule is CNC(=O)NCC(=O)N1C[C@H](F)C[C@H]1C(=O)N[C@@H](c1ccccc1)c1ccc(C(C)C)cn1. The molecule has 0 aliphatic carbocycles. The van der Waals surface area contributed by atoms with Gasteiger partial charge in [0.05, 0.1) is 24.8 Å². The zero-order valence-electron chi connectivity index (χ0n) is 19.0. The van der Waals surface area contributed by atoms with Crippen molar-refractivity contribution in [2.75, 3.05) is 20.1 Å². The molecule has 4 amide bonds. The van der Waals surface area contributed by atoms with E-state index in [9.17, 15) is 18.8 Å². The molecule has 1 aromatic carbocycles. The van der Waals surface area contributed by atoms with E-state index < -0.39 is 36.1 Å². The second kappa shape index (κ2) is 10.9. The van der Waals surface area contributed by atoms with Crippen LogP contribution < -0.4 is 16.0 Å². The van der Waals surface area contributed by atoms with Crippen molar-refractivity contribution >= 4 is 17.8 Å². The highest BCUT2D eigenvalue weighted by atomic mass is 19.1. The summed E-state index contributed by atoms with van der Waals surface area (Å²) in [5.41, 5.74) is 2.55. The van der Waals surface area contributed by atoms with Crippen molar-refractivity contribution in [3.8, 4) is 0 Å². The molecule has 1 aliphatic rings. The van der Waals surface area contributed by atoms with Crippen molar-refractivity contribution in [2.45, 2.75) is 44.4 Å². The lowest BCUT2D eigenvalue weighted by Gasteiger charge is -2.26. The Morgan fingerprint density at radius 1 is 1.12 bits per heavy atom. The van der Waals surface area contributed by atoms with E-state index in [0.29, 0.717) is 11.6 Å². The van der Waals surface area contributed by atoms with Gasteiger partial charge in [-0.25, -0.2) is 9.18 Å². The molecule has 1 saturated heterocycles. The minimum Gasteiger partial charge on any atom is -0.342 e. The normalized spacial score (nSPS) is 18.6. The number of carbonyl (C=O) groups is 3. The molecule has 0 radical (unpaired) electrons. The molecule has 176 valence electrons. The number of carbonyl (C=O) groups excluding carboxylic acids is 3. The third kappa shape index (κ3) is 6.06. The first kappa shape index (κ1) is 24.2. The molecule has 2 heterocycles. The maximum atomic E-state index is 14.2. The van der Waals surface area contributed by atoms with Crippen molar-refractivity contribution in [1.82, 2.24) is 25.8 Å². The van der Waals surface area contributed by atoms with E-state index in [0.717, 1.165) is 11.1 Å². The van der Waals surface area contributed by atoms with Crippen LogP contribution in [0.4, 0.5) is 9.18 Å². The van der Waals surface area contributed by atoms with Gasteiger partial charge in [-0.15, -0.1) is 0 Å². The predicted octanol–water partition coefficient (Wildman–Crippen LogP) is 2.28. The average Bonchev–Trinajstić information content (AvgIpc) is 3.23. The van der Waals surface area contributed by atoms with Gasteiger partial charge in [-0.05, 0) is 23.1 Å². The lowest BCUT2D eigenvalue weighted by Crippen LogP contribution is -2.50. The molecular formula is C24H30FN5O3. The van der Waals surface area contributed by atoms with E-state index in [1.807, 2.05) is 42.5 Å². The fourth-order valence-corrected chi connectivity index (χ4v) is 3.80.